The third-order valence-electron chi connectivity index (χ3n) is 2.05. The Morgan fingerprint density at radius 1 is 1.47 bits per heavy atom. The summed E-state index contributed by atoms with van der Waals surface area (Å²) in [4.78, 5) is 4.17. The molecule has 0 radical (unpaired) electrons. The van der Waals surface area contributed by atoms with Crippen LogP contribution in [0.3, 0.4) is 0 Å². The van der Waals surface area contributed by atoms with Crippen LogP contribution in [0.15, 0.2) is 27.7 Å². The van der Waals surface area contributed by atoms with Crippen LogP contribution in [-0.4, -0.2) is 35.4 Å². The van der Waals surface area contributed by atoms with Gasteiger partial charge in [0.15, 0.2) is 4.34 Å². The van der Waals surface area contributed by atoms with E-state index in [1.54, 1.807) is 25.4 Å². The van der Waals surface area contributed by atoms with Gasteiger partial charge in [-0.3, -0.25) is 0 Å². The molecular weight excluding hydrogens is 282 g/mol. The van der Waals surface area contributed by atoms with E-state index >= 15 is 0 Å². The highest BCUT2D eigenvalue weighted by atomic mass is 32.2. The van der Waals surface area contributed by atoms with Gasteiger partial charge in [0.25, 0.3) is 0 Å². The summed E-state index contributed by atoms with van der Waals surface area (Å²) in [5.74, 6) is 0. The van der Waals surface area contributed by atoms with Gasteiger partial charge < -0.3 is 10.1 Å². The molecule has 8 heteroatoms. The molecule has 2 heterocycles. The Balaban J connectivity index is 1.93. The maximum absolute atomic E-state index is 8.69. The molecule has 98 valence electrons. The van der Waals surface area contributed by atoms with E-state index < -0.39 is 0 Å². The normalized spacial score (nSPS) is 10.1. The molecule has 2 rings (SSSR count). The van der Waals surface area contributed by atoms with Crippen molar-refractivity contribution in [1.29, 1.82) is 5.26 Å². The summed E-state index contributed by atoms with van der Waals surface area (Å²) in [5.41, 5.74) is 0.545. The molecule has 0 saturated heterocycles. The van der Waals surface area contributed by atoms with Crippen molar-refractivity contribution < 1.29 is 4.74 Å². The standard InChI is InChI=1S/C11H11N5OS2/c1-17-5-4-13-10-15-16-11(19-10)18-9-3-2-8(6-12)7-14-9/h2-3,7H,4-5H2,1H3,(H,13,15). The van der Waals surface area contributed by atoms with E-state index in [2.05, 4.69) is 20.5 Å². The lowest BCUT2D eigenvalue weighted by atomic mass is 10.3. The van der Waals surface area contributed by atoms with E-state index in [4.69, 9.17) is 10.00 Å². The highest BCUT2D eigenvalue weighted by Crippen LogP contribution is 2.30. The van der Waals surface area contributed by atoms with Crippen LogP contribution in [0, 0.1) is 11.3 Å². The zero-order chi connectivity index (χ0) is 13.5. The quantitative estimate of drug-likeness (QED) is 0.815. The summed E-state index contributed by atoms with van der Waals surface area (Å²) in [5, 5.41) is 21.4. The first-order chi connectivity index (χ1) is 9.31. The van der Waals surface area contributed by atoms with Crippen LogP contribution >= 0.6 is 23.1 Å². The van der Waals surface area contributed by atoms with Gasteiger partial charge in [-0.1, -0.05) is 11.3 Å². The van der Waals surface area contributed by atoms with Crippen molar-refractivity contribution in [3.8, 4) is 6.07 Å². The van der Waals surface area contributed by atoms with Crippen LogP contribution in [-0.2, 0) is 4.74 Å². The largest absolute Gasteiger partial charge is 0.383 e. The van der Waals surface area contributed by atoms with Crippen LogP contribution in [0.2, 0.25) is 0 Å². The smallest absolute Gasteiger partial charge is 0.206 e. The van der Waals surface area contributed by atoms with Crippen LogP contribution in [0.5, 0.6) is 0 Å². The Hall–Kier alpha value is -1.69. The number of ether oxygens (including phenoxy) is 1. The molecule has 0 spiro atoms. The number of hydrogen-bond acceptors (Lipinski definition) is 8. The van der Waals surface area contributed by atoms with E-state index in [0.717, 1.165) is 14.5 Å². The first kappa shape index (κ1) is 13.7. The van der Waals surface area contributed by atoms with Crippen molar-refractivity contribution >= 4 is 28.2 Å². The predicted octanol–water partition coefficient (Wildman–Crippen LogP) is 2.01. The second-order valence-corrected chi connectivity index (χ2v) is 5.64. The first-order valence-corrected chi connectivity index (χ1v) is 7.05. The Morgan fingerprint density at radius 3 is 3.05 bits per heavy atom. The molecule has 0 fully saturated rings. The predicted molar refractivity (Wildman–Crippen MR) is 73.3 cm³/mol. The fourth-order valence-electron chi connectivity index (χ4n) is 1.18. The average Bonchev–Trinajstić information content (AvgIpc) is 2.88. The number of hydrogen-bond donors (Lipinski definition) is 1. The minimum absolute atomic E-state index is 0.545. The number of aromatic nitrogens is 3. The number of nitrogens with zero attached hydrogens (tertiary/aromatic N) is 4. The fourth-order valence-corrected chi connectivity index (χ4v) is 2.84. The van der Waals surface area contributed by atoms with Crippen molar-refractivity contribution in [1.82, 2.24) is 15.2 Å². The first-order valence-electron chi connectivity index (χ1n) is 5.42. The van der Waals surface area contributed by atoms with Crippen molar-refractivity contribution in [3.05, 3.63) is 23.9 Å². The Kier molecular flexibility index (Phi) is 5.09. The van der Waals surface area contributed by atoms with Crippen molar-refractivity contribution in [2.75, 3.05) is 25.6 Å². The molecule has 0 amide bonds. The molecular formula is C11H11N5OS2. The Labute approximate surface area is 118 Å². The molecule has 2 aromatic heterocycles. The monoisotopic (exact) mass is 293 g/mol. The molecule has 1 N–H and O–H groups in total. The van der Waals surface area contributed by atoms with Crippen LogP contribution < -0.4 is 5.32 Å². The third kappa shape index (κ3) is 4.17. The summed E-state index contributed by atoms with van der Waals surface area (Å²) in [7, 11) is 1.65. The molecule has 6 nitrogen and oxygen atoms in total. The average molecular weight is 293 g/mol. The van der Waals surface area contributed by atoms with Gasteiger partial charge in [0.1, 0.15) is 11.1 Å². The van der Waals surface area contributed by atoms with Crippen LogP contribution in [0.1, 0.15) is 5.56 Å². The minimum Gasteiger partial charge on any atom is -0.383 e. The highest BCUT2D eigenvalue weighted by Gasteiger charge is 2.06. The molecule has 2 aromatic rings. The van der Waals surface area contributed by atoms with E-state index in [-0.39, 0.29) is 0 Å². The molecule has 0 aliphatic heterocycles. The molecule has 0 bridgehead atoms. The van der Waals surface area contributed by atoms with E-state index in [0.29, 0.717) is 18.7 Å². The highest BCUT2D eigenvalue weighted by molar-refractivity contribution is 8.01. The van der Waals surface area contributed by atoms with Gasteiger partial charge in [-0.25, -0.2) is 4.98 Å². The number of nitriles is 1. The molecule has 19 heavy (non-hydrogen) atoms. The summed E-state index contributed by atoms with van der Waals surface area (Å²) < 4.78 is 5.74. The van der Waals surface area contributed by atoms with E-state index in [9.17, 15) is 0 Å². The number of rotatable bonds is 6. The molecule has 0 aliphatic rings. The lowest BCUT2D eigenvalue weighted by molar-refractivity contribution is 0.211. The number of anilines is 1. The molecule has 0 aliphatic carbocycles. The maximum atomic E-state index is 8.69. The number of pyridine rings is 1. The second kappa shape index (κ2) is 7.04. The van der Waals surface area contributed by atoms with E-state index in [1.807, 2.05) is 6.07 Å². The van der Waals surface area contributed by atoms with Crippen LogP contribution in [0.4, 0.5) is 5.13 Å². The minimum atomic E-state index is 0.545. The number of methoxy groups -OCH3 is 1. The molecule has 0 unspecified atom stereocenters. The van der Waals surface area contributed by atoms with Gasteiger partial charge in [0.05, 0.1) is 12.2 Å². The summed E-state index contributed by atoms with van der Waals surface area (Å²) in [6.07, 6.45) is 1.54. The fraction of sp³-hybridized carbons (Fsp3) is 0.273. The van der Waals surface area contributed by atoms with Crippen LogP contribution in [0.25, 0.3) is 0 Å². The lowest BCUT2D eigenvalue weighted by Crippen LogP contribution is -2.06. The second-order valence-electron chi connectivity index (χ2n) is 3.39. The summed E-state index contributed by atoms with van der Waals surface area (Å²) >= 11 is 2.88. The molecule has 0 atom stereocenters. The van der Waals surface area contributed by atoms with Gasteiger partial charge in [-0.05, 0) is 23.9 Å². The van der Waals surface area contributed by atoms with Gasteiger partial charge >= 0.3 is 0 Å². The molecule has 0 aromatic carbocycles. The SMILES string of the molecule is COCCNc1nnc(Sc2ccc(C#N)cn2)s1. The Bertz CT molecular complexity index is 563. The topological polar surface area (TPSA) is 83.7 Å². The summed E-state index contributed by atoms with van der Waals surface area (Å²) in [6.45, 7) is 1.32. The maximum Gasteiger partial charge on any atom is 0.206 e. The van der Waals surface area contributed by atoms with E-state index in [1.165, 1.54) is 23.1 Å². The zero-order valence-corrected chi connectivity index (χ0v) is 11.8. The van der Waals surface area contributed by atoms with Gasteiger partial charge in [-0.2, -0.15) is 5.26 Å². The van der Waals surface area contributed by atoms with Crippen molar-refractivity contribution in [2.45, 2.75) is 9.37 Å². The molecule has 0 saturated carbocycles. The van der Waals surface area contributed by atoms with Gasteiger partial charge in [0.2, 0.25) is 5.13 Å². The summed E-state index contributed by atoms with van der Waals surface area (Å²) in [6, 6.07) is 5.56. The van der Waals surface area contributed by atoms with Gasteiger partial charge in [-0.15, -0.1) is 10.2 Å². The third-order valence-corrected chi connectivity index (χ3v) is 3.93. The van der Waals surface area contributed by atoms with Crippen molar-refractivity contribution in [2.24, 2.45) is 0 Å². The van der Waals surface area contributed by atoms with Gasteiger partial charge in [0, 0.05) is 19.9 Å². The van der Waals surface area contributed by atoms with Crippen molar-refractivity contribution in [3.63, 3.8) is 0 Å². The lowest BCUT2D eigenvalue weighted by Gasteiger charge is -1.98. The Morgan fingerprint density at radius 2 is 2.37 bits per heavy atom. The zero-order valence-electron chi connectivity index (χ0n) is 10.2. The number of nitrogens with one attached hydrogen (secondary N) is 1.